The first-order chi connectivity index (χ1) is 4.93. The predicted octanol–water partition coefficient (Wildman–Crippen LogP) is 2.01. The third-order valence-corrected chi connectivity index (χ3v) is 1.11. The van der Waals surface area contributed by atoms with Gasteiger partial charge in [0.25, 0.3) is 0 Å². The molecule has 1 heteroatoms. The Balaban J connectivity index is 2.43. The summed E-state index contributed by atoms with van der Waals surface area (Å²) in [5, 5.41) is 0. The molecule has 1 aromatic heterocycles. The van der Waals surface area contributed by atoms with E-state index in [1.165, 1.54) is 0 Å². The summed E-state index contributed by atoms with van der Waals surface area (Å²) in [4.78, 5) is 0. The summed E-state index contributed by atoms with van der Waals surface area (Å²) in [5.41, 5.74) is 0. The average molecular weight is 132 g/mol. The highest BCUT2D eigenvalue weighted by atomic mass is 16.3. The maximum absolute atomic E-state index is 5.06. The van der Waals surface area contributed by atoms with Crippen molar-refractivity contribution in [2.24, 2.45) is 0 Å². The van der Waals surface area contributed by atoms with E-state index in [0.717, 1.165) is 12.2 Å². The summed E-state index contributed by atoms with van der Waals surface area (Å²) in [6, 6.07) is 3.78. The molecule has 1 heterocycles. The zero-order valence-corrected chi connectivity index (χ0v) is 5.58. The molecule has 0 bridgehead atoms. The molecule has 0 aliphatic rings. The van der Waals surface area contributed by atoms with E-state index >= 15 is 0 Å². The van der Waals surface area contributed by atoms with Gasteiger partial charge < -0.3 is 4.42 Å². The molecule has 0 fully saturated rings. The number of furan rings is 1. The molecule has 0 aromatic carbocycles. The summed E-state index contributed by atoms with van der Waals surface area (Å²) < 4.78 is 5.06. The van der Waals surface area contributed by atoms with Gasteiger partial charge in [-0.3, -0.25) is 0 Å². The summed E-state index contributed by atoms with van der Waals surface area (Å²) in [7, 11) is 0. The molecule has 0 spiro atoms. The molecule has 0 aliphatic carbocycles. The molecule has 0 amide bonds. The largest absolute Gasteiger partial charge is 0.469 e. The van der Waals surface area contributed by atoms with Gasteiger partial charge in [-0.2, -0.15) is 0 Å². The van der Waals surface area contributed by atoms with Crippen molar-refractivity contribution in [3.8, 4) is 12.3 Å². The lowest BCUT2D eigenvalue weighted by atomic mass is 10.3. The van der Waals surface area contributed by atoms with Crippen LogP contribution in [0.1, 0.15) is 5.76 Å². The second-order valence-electron chi connectivity index (χ2n) is 1.85. The molecule has 0 atom stereocenters. The van der Waals surface area contributed by atoms with Crippen LogP contribution in [0.3, 0.4) is 0 Å². The molecule has 1 rings (SSSR count). The molecule has 0 unspecified atom stereocenters. The molecule has 50 valence electrons. The van der Waals surface area contributed by atoms with Crippen molar-refractivity contribution in [3.63, 3.8) is 0 Å². The number of hydrogen-bond donors (Lipinski definition) is 0. The molecule has 10 heavy (non-hydrogen) atoms. The van der Waals surface area contributed by atoms with Gasteiger partial charge in [0, 0.05) is 6.42 Å². The van der Waals surface area contributed by atoms with Crippen molar-refractivity contribution in [1.29, 1.82) is 0 Å². The van der Waals surface area contributed by atoms with E-state index < -0.39 is 0 Å². The van der Waals surface area contributed by atoms with Gasteiger partial charge in [-0.25, -0.2) is 0 Å². The van der Waals surface area contributed by atoms with Crippen LogP contribution in [0.2, 0.25) is 0 Å². The third kappa shape index (κ3) is 1.83. The third-order valence-electron chi connectivity index (χ3n) is 1.11. The summed E-state index contributed by atoms with van der Waals surface area (Å²) >= 11 is 0. The predicted molar refractivity (Wildman–Crippen MR) is 40.4 cm³/mol. The van der Waals surface area contributed by atoms with Crippen molar-refractivity contribution >= 4 is 0 Å². The van der Waals surface area contributed by atoms with Gasteiger partial charge >= 0.3 is 0 Å². The average Bonchev–Trinajstić information content (AvgIpc) is 2.41. The molecular formula is C9H8O. The van der Waals surface area contributed by atoms with E-state index in [9.17, 15) is 0 Å². The Bertz CT molecular complexity index is 236. The van der Waals surface area contributed by atoms with Gasteiger partial charge in [0.15, 0.2) is 0 Å². The van der Waals surface area contributed by atoms with Crippen LogP contribution in [-0.2, 0) is 6.42 Å². The Morgan fingerprint density at radius 3 is 3.20 bits per heavy atom. The highest BCUT2D eigenvalue weighted by Crippen LogP contribution is 2.00. The molecule has 0 saturated carbocycles. The zero-order valence-electron chi connectivity index (χ0n) is 5.58. The maximum atomic E-state index is 5.06. The molecule has 1 aromatic rings. The second kappa shape index (κ2) is 3.58. The van der Waals surface area contributed by atoms with E-state index in [0.29, 0.717) is 0 Å². The Morgan fingerprint density at radius 1 is 1.70 bits per heavy atom. The SMILES string of the molecule is C#C/C=C/Cc1ccco1. The Labute approximate surface area is 60.4 Å². The minimum absolute atomic E-state index is 0.775. The number of terminal acetylenes is 1. The van der Waals surface area contributed by atoms with Crippen molar-refractivity contribution in [3.05, 3.63) is 36.3 Å². The van der Waals surface area contributed by atoms with Gasteiger partial charge in [0.05, 0.1) is 6.26 Å². The van der Waals surface area contributed by atoms with Crippen LogP contribution in [0.5, 0.6) is 0 Å². The summed E-state index contributed by atoms with van der Waals surface area (Å²) in [6.45, 7) is 0. The van der Waals surface area contributed by atoms with Crippen LogP contribution >= 0.6 is 0 Å². The normalized spacial score (nSPS) is 9.90. The Morgan fingerprint density at radius 2 is 2.60 bits per heavy atom. The van der Waals surface area contributed by atoms with E-state index in [1.807, 2.05) is 18.2 Å². The summed E-state index contributed by atoms with van der Waals surface area (Å²) in [6.07, 6.45) is 11.0. The van der Waals surface area contributed by atoms with Crippen molar-refractivity contribution in [2.45, 2.75) is 6.42 Å². The van der Waals surface area contributed by atoms with E-state index in [-0.39, 0.29) is 0 Å². The van der Waals surface area contributed by atoms with Crippen LogP contribution in [0.25, 0.3) is 0 Å². The van der Waals surface area contributed by atoms with E-state index in [2.05, 4.69) is 5.92 Å². The minimum Gasteiger partial charge on any atom is -0.469 e. The van der Waals surface area contributed by atoms with Crippen LogP contribution in [0.4, 0.5) is 0 Å². The molecule has 1 nitrogen and oxygen atoms in total. The van der Waals surface area contributed by atoms with Gasteiger partial charge in [-0.05, 0) is 18.2 Å². The number of allylic oxidation sites excluding steroid dienone is 2. The molecule has 0 radical (unpaired) electrons. The van der Waals surface area contributed by atoms with Crippen molar-refractivity contribution in [1.82, 2.24) is 0 Å². The first-order valence-corrected chi connectivity index (χ1v) is 3.07. The second-order valence-corrected chi connectivity index (χ2v) is 1.85. The monoisotopic (exact) mass is 132 g/mol. The van der Waals surface area contributed by atoms with Crippen LogP contribution in [0, 0.1) is 12.3 Å². The van der Waals surface area contributed by atoms with Crippen LogP contribution in [-0.4, -0.2) is 0 Å². The maximum Gasteiger partial charge on any atom is 0.107 e. The Kier molecular flexibility index (Phi) is 2.39. The van der Waals surface area contributed by atoms with Gasteiger partial charge in [0.2, 0.25) is 0 Å². The smallest absolute Gasteiger partial charge is 0.107 e. The highest BCUT2D eigenvalue weighted by molar-refractivity contribution is 5.12. The van der Waals surface area contributed by atoms with E-state index in [4.69, 9.17) is 10.8 Å². The van der Waals surface area contributed by atoms with Crippen molar-refractivity contribution in [2.75, 3.05) is 0 Å². The fourth-order valence-electron chi connectivity index (χ4n) is 0.672. The molecule has 0 N–H and O–H groups in total. The Hall–Kier alpha value is -1.42. The first-order valence-electron chi connectivity index (χ1n) is 3.07. The molecular weight excluding hydrogens is 124 g/mol. The fraction of sp³-hybridized carbons (Fsp3) is 0.111. The van der Waals surface area contributed by atoms with Gasteiger partial charge in [-0.15, -0.1) is 6.42 Å². The molecule has 0 aliphatic heterocycles. The minimum atomic E-state index is 0.775. The zero-order chi connectivity index (χ0) is 7.23. The topological polar surface area (TPSA) is 13.1 Å². The molecule has 0 saturated heterocycles. The summed E-state index contributed by atoms with van der Waals surface area (Å²) in [5.74, 6) is 3.34. The lowest BCUT2D eigenvalue weighted by Gasteiger charge is -1.83. The number of rotatable bonds is 2. The standard InChI is InChI=1S/C9H8O/c1-2-3-4-6-9-7-5-8-10-9/h1,3-5,7-8H,6H2/b4-3+. The van der Waals surface area contributed by atoms with E-state index in [1.54, 1.807) is 12.3 Å². The highest BCUT2D eigenvalue weighted by Gasteiger charge is 1.87. The van der Waals surface area contributed by atoms with Gasteiger partial charge in [-0.1, -0.05) is 12.0 Å². The lowest BCUT2D eigenvalue weighted by Crippen LogP contribution is -1.71. The number of hydrogen-bond acceptors (Lipinski definition) is 1. The fourth-order valence-corrected chi connectivity index (χ4v) is 0.672. The first kappa shape index (κ1) is 6.70. The van der Waals surface area contributed by atoms with Crippen molar-refractivity contribution < 1.29 is 4.42 Å². The van der Waals surface area contributed by atoms with Crippen LogP contribution in [0.15, 0.2) is 35.0 Å². The van der Waals surface area contributed by atoms with Crippen LogP contribution < -0.4 is 0 Å². The quantitative estimate of drug-likeness (QED) is 0.561. The lowest BCUT2D eigenvalue weighted by molar-refractivity contribution is 0.523. The van der Waals surface area contributed by atoms with Gasteiger partial charge in [0.1, 0.15) is 5.76 Å².